The molecule has 1 atom stereocenters. The second-order valence-electron chi connectivity index (χ2n) is 4.56. The number of hydrogen-bond acceptors (Lipinski definition) is 3. The Morgan fingerprint density at radius 3 is 2.42 bits per heavy atom. The molecular weight excluding hydrogens is 278 g/mol. The summed E-state index contributed by atoms with van der Waals surface area (Å²) in [5, 5.41) is 8.76. The molecule has 1 fully saturated rings. The summed E-state index contributed by atoms with van der Waals surface area (Å²) in [4.78, 5) is 13.5. The van der Waals surface area contributed by atoms with E-state index in [4.69, 9.17) is 12.2 Å². The van der Waals surface area contributed by atoms with Gasteiger partial charge < -0.3 is 10.0 Å². The Morgan fingerprint density at radius 2 is 1.84 bits per heavy atom. The molecule has 0 saturated carbocycles. The van der Waals surface area contributed by atoms with E-state index in [0.717, 1.165) is 31.5 Å². The third-order valence-electron chi connectivity index (χ3n) is 3.16. The molecule has 0 spiro atoms. The van der Waals surface area contributed by atoms with Gasteiger partial charge in [0.1, 0.15) is 9.57 Å². The minimum Gasteiger partial charge on any atom is -0.480 e. The number of rotatable bonds is 3. The van der Waals surface area contributed by atoms with E-state index in [0.29, 0.717) is 4.32 Å². The van der Waals surface area contributed by atoms with Gasteiger partial charge in [-0.2, -0.15) is 0 Å². The molecule has 0 bridgehead atoms. The number of hydrogen-bond donors (Lipinski definition) is 1. The molecule has 5 heteroatoms. The Balaban J connectivity index is 2.04. The van der Waals surface area contributed by atoms with Gasteiger partial charge in [-0.05, 0) is 24.8 Å². The van der Waals surface area contributed by atoms with Gasteiger partial charge in [0.05, 0.1) is 0 Å². The number of carbonyl (C=O) groups is 1. The molecule has 1 saturated heterocycles. The lowest BCUT2D eigenvalue weighted by atomic mass is 10.1. The van der Waals surface area contributed by atoms with Gasteiger partial charge in [-0.15, -0.1) is 0 Å². The molecule has 0 aliphatic carbocycles. The number of likely N-dealkylation sites (tertiary alicyclic amines) is 1. The number of piperidine rings is 1. The topological polar surface area (TPSA) is 40.5 Å². The van der Waals surface area contributed by atoms with Crippen molar-refractivity contribution in [1.29, 1.82) is 0 Å². The monoisotopic (exact) mass is 295 g/mol. The van der Waals surface area contributed by atoms with Crippen LogP contribution in [0.1, 0.15) is 30.1 Å². The van der Waals surface area contributed by atoms with E-state index in [1.807, 2.05) is 30.3 Å². The van der Waals surface area contributed by atoms with Gasteiger partial charge in [-0.3, -0.25) is 4.79 Å². The smallest absolute Gasteiger partial charge is 0.321 e. The van der Waals surface area contributed by atoms with Crippen molar-refractivity contribution in [3.05, 3.63) is 35.9 Å². The number of aliphatic carboxylic acids is 1. The molecule has 0 radical (unpaired) electrons. The number of carboxylic acid groups (broad SMARTS) is 1. The first kappa shape index (κ1) is 14.3. The van der Waals surface area contributed by atoms with E-state index in [2.05, 4.69) is 4.90 Å². The Kier molecular flexibility index (Phi) is 5.22. The second-order valence-corrected chi connectivity index (χ2v) is 6.30. The average molecular weight is 295 g/mol. The fourth-order valence-electron chi connectivity index (χ4n) is 2.14. The van der Waals surface area contributed by atoms with Crippen LogP contribution in [0.25, 0.3) is 0 Å². The Hall–Kier alpha value is -1.07. The van der Waals surface area contributed by atoms with E-state index in [-0.39, 0.29) is 0 Å². The maximum atomic E-state index is 11.4. The van der Waals surface area contributed by atoms with Crippen molar-refractivity contribution in [2.75, 3.05) is 13.1 Å². The third-order valence-corrected chi connectivity index (χ3v) is 4.88. The van der Waals surface area contributed by atoms with Crippen LogP contribution >= 0.6 is 24.0 Å². The van der Waals surface area contributed by atoms with Crippen LogP contribution in [0.15, 0.2) is 30.3 Å². The fraction of sp³-hybridized carbons (Fsp3) is 0.429. The van der Waals surface area contributed by atoms with Crippen LogP contribution in [0, 0.1) is 0 Å². The highest BCUT2D eigenvalue weighted by atomic mass is 32.2. The minimum absolute atomic E-state index is 0.615. The summed E-state index contributed by atoms with van der Waals surface area (Å²) in [5.41, 5.74) is 0.791. The predicted octanol–water partition coefficient (Wildman–Crippen LogP) is 3.32. The number of benzene rings is 1. The largest absolute Gasteiger partial charge is 0.480 e. The first-order valence-corrected chi connectivity index (χ1v) is 7.70. The van der Waals surface area contributed by atoms with E-state index in [1.165, 1.54) is 18.2 Å². The molecule has 1 aromatic carbocycles. The normalized spacial score (nSPS) is 16.9. The van der Waals surface area contributed by atoms with Gasteiger partial charge in [0.2, 0.25) is 0 Å². The summed E-state index contributed by atoms with van der Waals surface area (Å²) in [6.07, 6.45) is 3.53. The molecule has 1 unspecified atom stereocenters. The molecule has 1 heterocycles. The summed E-state index contributed by atoms with van der Waals surface area (Å²) in [6, 6.07) is 9.27. The molecule has 1 aliphatic rings. The van der Waals surface area contributed by atoms with E-state index < -0.39 is 11.2 Å². The van der Waals surface area contributed by atoms with Crippen molar-refractivity contribution in [1.82, 2.24) is 4.90 Å². The van der Waals surface area contributed by atoms with Crippen molar-refractivity contribution in [2.45, 2.75) is 24.5 Å². The van der Waals surface area contributed by atoms with E-state index in [9.17, 15) is 9.90 Å². The zero-order valence-electron chi connectivity index (χ0n) is 10.6. The van der Waals surface area contributed by atoms with Crippen LogP contribution in [0.5, 0.6) is 0 Å². The lowest BCUT2D eigenvalue weighted by molar-refractivity contribution is -0.136. The zero-order valence-corrected chi connectivity index (χ0v) is 12.3. The van der Waals surface area contributed by atoms with Crippen LogP contribution in [-0.2, 0) is 4.79 Å². The highest BCUT2D eigenvalue weighted by molar-refractivity contribution is 8.23. The van der Waals surface area contributed by atoms with Gasteiger partial charge in [0.15, 0.2) is 0 Å². The summed E-state index contributed by atoms with van der Waals surface area (Å²) in [6.45, 7) is 1.90. The quantitative estimate of drug-likeness (QED) is 0.866. The van der Waals surface area contributed by atoms with Gasteiger partial charge in [0, 0.05) is 13.1 Å². The molecule has 3 nitrogen and oxygen atoms in total. The highest BCUT2D eigenvalue weighted by Gasteiger charge is 2.25. The van der Waals surface area contributed by atoms with Gasteiger partial charge in [-0.1, -0.05) is 54.3 Å². The van der Waals surface area contributed by atoms with Gasteiger partial charge >= 0.3 is 5.97 Å². The molecule has 1 N–H and O–H groups in total. The zero-order chi connectivity index (χ0) is 13.7. The predicted molar refractivity (Wildman–Crippen MR) is 82.4 cm³/mol. The van der Waals surface area contributed by atoms with E-state index >= 15 is 0 Å². The standard InChI is InChI=1S/C14H17NO2S2/c16-13(17)12(11-7-3-1-4-8-11)19-14(18)15-9-5-2-6-10-15/h1,3-4,7-8,12H,2,5-6,9-10H2,(H,16,17). The average Bonchev–Trinajstić information content (AvgIpc) is 2.46. The summed E-state index contributed by atoms with van der Waals surface area (Å²) in [5.74, 6) is -0.837. The van der Waals surface area contributed by atoms with Crippen LogP contribution in [-0.4, -0.2) is 33.4 Å². The first-order valence-electron chi connectivity index (χ1n) is 6.42. The van der Waals surface area contributed by atoms with Crippen molar-refractivity contribution < 1.29 is 9.90 Å². The highest BCUT2D eigenvalue weighted by Crippen LogP contribution is 2.32. The maximum absolute atomic E-state index is 11.4. The third kappa shape index (κ3) is 3.94. The van der Waals surface area contributed by atoms with Gasteiger partial charge in [0.25, 0.3) is 0 Å². The number of nitrogens with zero attached hydrogens (tertiary/aromatic N) is 1. The molecule has 19 heavy (non-hydrogen) atoms. The lowest BCUT2D eigenvalue weighted by Gasteiger charge is -2.29. The molecule has 1 aromatic rings. The lowest BCUT2D eigenvalue weighted by Crippen LogP contribution is -2.33. The molecule has 1 aliphatic heterocycles. The Bertz CT molecular complexity index is 444. The molecular formula is C14H17NO2S2. The summed E-state index contributed by atoms with van der Waals surface area (Å²) < 4.78 is 0.705. The van der Waals surface area contributed by atoms with Crippen molar-refractivity contribution in [2.24, 2.45) is 0 Å². The van der Waals surface area contributed by atoms with Crippen LogP contribution in [0.3, 0.4) is 0 Å². The molecule has 0 amide bonds. The second kappa shape index (κ2) is 6.91. The molecule has 0 aromatic heterocycles. The van der Waals surface area contributed by atoms with Gasteiger partial charge in [-0.25, -0.2) is 0 Å². The van der Waals surface area contributed by atoms with Crippen molar-refractivity contribution >= 4 is 34.3 Å². The molecule has 2 rings (SSSR count). The van der Waals surface area contributed by atoms with E-state index in [1.54, 1.807) is 0 Å². The van der Waals surface area contributed by atoms with Crippen molar-refractivity contribution in [3.63, 3.8) is 0 Å². The maximum Gasteiger partial charge on any atom is 0.321 e. The number of thioether (sulfide) groups is 1. The number of thiocarbonyl (C=S) groups is 1. The van der Waals surface area contributed by atoms with Crippen LogP contribution < -0.4 is 0 Å². The Morgan fingerprint density at radius 1 is 1.21 bits per heavy atom. The molecule has 102 valence electrons. The summed E-state index contributed by atoms with van der Waals surface area (Å²) in [7, 11) is 0. The minimum atomic E-state index is -0.837. The Labute approximate surface area is 123 Å². The van der Waals surface area contributed by atoms with Crippen LogP contribution in [0.4, 0.5) is 0 Å². The first-order chi connectivity index (χ1) is 9.18. The summed E-state index contributed by atoms with van der Waals surface area (Å²) >= 11 is 6.67. The number of carboxylic acids is 1. The SMILES string of the molecule is O=C(O)C(SC(=S)N1CCCCC1)c1ccccc1. The fourth-order valence-corrected chi connectivity index (χ4v) is 3.54. The van der Waals surface area contributed by atoms with Crippen molar-refractivity contribution in [3.8, 4) is 0 Å². The van der Waals surface area contributed by atoms with Crippen LogP contribution in [0.2, 0.25) is 0 Å².